The number of amides is 1. The molecule has 0 atom stereocenters. The van der Waals surface area contributed by atoms with Gasteiger partial charge in [0.2, 0.25) is 0 Å². The maximum absolute atomic E-state index is 14.9. The van der Waals surface area contributed by atoms with Crippen molar-refractivity contribution >= 4 is 11.7 Å². The molecule has 0 saturated heterocycles. The number of hydrogen-bond donors (Lipinski definition) is 0. The molecule has 5 aromatic carbocycles. The van der Waals surface area contributed by atoms with Gasteiger partial charge in [-0.05, 0) is 125 Å². The molecule has 3 aliphatic rings. The Hall–Kier alpha value is -5.16. The molecule has 1 amide bonds. The van der Waals surface area contributed by atoms with Crippen LogP contribution in [0.25, 0.3) is 22.3 Å². The van der Waals surface area contributed by atoms with Gasteiger partial charge in [0, 0.05) is 18.9 Å². The van der Waals surface area contributed by atoms with Crippen LogP contribution in [0.5, 0.6) is 11.5 Å². The Morgan fingerprint density at radius 1 is 0.717 bits per heavy atom. The molecule has 1 fully saturated rings. The monoisotopic (exact) mass is 707 g/mol. The summed E-state index contributed by atoms with van der Waals surface area (Å²) in [7, 11) is 3.34. The van der Waals surface area contributed by atoms with E-state index in [-0.39, 0.29) is 11.9 Å². The van der Waals surface area contributed by atoms with Crippen LogP contribution in [0.2, 0.25) is 0 Å². The van der Waals surface area contributed by atoms with E-state index in [0.29, 0.717) is 18.2 Å². The predicted octanol–water partition coefficient (Wildman–Crippen LogP) is 11.5. The average molecular weight is 708 g/mol. The second-order valence-electron chi connectivity index (χ2n) is 14.4. The highest BCUT2D eigenvalue weighted by Crippen LogP contribution is 2.51. The van der Waals surface area contributed by atoms with Crippen LogP contribution in [0.1, 0.15) is 108 Å². The summed E-state index contributed by atoms with van der Waals surface area (Å²) in [4.78, 5) is 27.7. The number of carbonyl (C=O) groups excluding carboxylic acids is 2. The molecular formula is C48H53NO4. The summed E-state index contributed by atoms with van der Waals surface area (Å²) in [5.41, 5.74) is 13.8. The van der Waals surface area contributed by atoms with E-state index < -0.39 is 0 Å². The lowest BCUT2D eigenvalue weighted by Gasteiger charge is -2.29. The second kappa shape index (κ2) is 16.7. The van der Waals surface area contributed by atoms with Crippen LogP contribution >= 0.6 is 0 Å². The number of fused-ring (bicyclic) bond motifs is 5. The van der Waals surface area contributed by atoms with E-state index in [9.17, 15) is 9.59 Å². The molecule has 0 radical (unpaired) electrons. The molecule has 2 aliphatic carbocycles. The first-order chi connectivity index (χ1) is 25.8. The molecule has 53 heavy (non-hydrogen) atoms. The maximum atomic E-state index is 14.9. The van der Waals surface area contributed by atoms with E-state index in [1.165, 1.54) is 58.2 Å². The molecular weight excluding hydrogens is 655 g/mol. The largest absolute Gasteiger partial charge is 0.497 e. The van der Waals surface area contributed by atoms with Crippen LogP contribution in [0.15, 0.2) is 97.1 Å². The van der Waals surface area contributed by atoms with E-state index in [1.807, 2.05) is 24.3 Å². The number of hydrogen-bond acceptors (Lipinski definition) is 4. The van der Waals surface area contributed by atoms with Gasteiger partial charge in [-0.2, -0.15) is 0 Å². The van der Waals surface area contributed by atoms with Gasteiger partial charge in [-0.15, -0.1) is 0 Å². The number of rotatable bonds is 9. The fourth-order valence-corrected chi connectivity index (χ4v) is 7.81. The van der Waals surface area contributed by atoms with Crippen molar-refractivity contribution < 1.29 is 19.1 Å². The summed E-state index contributed by atoms with van der Waals surface area (Å²) in [5, 5.41) is 0. The lowest BCUT2D eigenvalue weighted by molar-refractivity contribution is -0.120. The van der Waals surface area contributed by atoms with Gasteiger partial charge in [0.25, 0.3) is 5.91 Å². The lowest BCUT2D eigenvalue weighted by atomic mass is 9.84. The zero-order valence-electron chi connectivity index (χ0n) is 32.4. The van der Waals surface area contributed by atoms with Crippen molar-refractivity contribution in [1.82, 2.24) is 4.90 Å². The number of carbonyl (C=O) groups is 2. The SMILES string of the molecule is CCC.CCCC(=O)C1CC1.COc1ccc(C(c2ccc(OC)cc2)N2Cc3c(c4c(c(C)c3-c3ccccc3C)Cc3ccccc3-4)C2=O)cc1. The van der Waals surface area contributed by atoms with Gasteiger partial charge in [0.15, 0.2) is 0 Å². The molecule has 0 N–H and O–H groups in total. The highest BCUT2D eigenvalue weighted by Gasteiger charge is 2.41. The van der Waals surface area contributed by atoms with E-state index in [1.54, 1.807) is 14.2 Å². The number of nitrogens with zero attached hydrogens (tertiary/aromatic N) is 1. The van der Waals surface area contributed by atoms with Crippen LogP contribution in [-0.2, 0) is 17.8 Å². The highest BCUT2D eigenvalue weighted by molar-refractivity contribution is 6.09. The van der Waals surface area contributed by atoms with E-state index in [0.717, 1.165) is 58.6 Å². The zero-order valence-corrected chi connectivity index (χ0v) is 32.4. The number of Topliss-reactive ketones (excluding diaryl/α,β-unsaturated/α-hetero) is 1. The van der Waals surface area contributed by atoms with Crippen LogP contribution < -0.4 is 9.47 Å². The standard InChI is InChI=1S/C38H33NO3.C7H12O.C3H8/c1-23-9-5-7-11-30(23)34-24(2)32-21-27-10-6-8-12-31(27)35(32)36-33(34)22-39(38(36)40)37(25-13-17-28(41-3)18-14-25)26-15-19-29(42-4)20-16-26;1-2-3-7(8)6-4-5-6;1-3-2/h5-20,37H,21-22H2,1-4H3;6H,2-5H2,1H3;3H2,1-2H3. The van der Waals surface area contributed by atoms with Gasteiger partial charge in [-0.3, -0.25) is 9.59 Å². The Kier molecular flexibility index (Phi) is 11.8. The van der Waals surface area contributed by atoms with Gasteiger partial charge < -0.3 is 14.4 Å². The summed E-state index contributed by atoms with van der Waals surface area (Å²) in [5.74, 6) is 2.62. The maximum Gasteiger partial charge on any atom is 0.255 e. The Morgan fingerprint density at radius 3 is 1.79 bits per heavy atom. The number of methoxy groups -OCH3 is 2. The van der Waals surface area contributed by atoms with Gasteiger partial charge in [-0.25, -0.2) is 0 Å². The normalized spacial score (nSPS) is 13.7. The van der Waals surface area contributed by atoms with E-state index >= 15 is 0 Å². The minimum atomic E-state index is -0.279. The smallest absolute Gasteiger partial charge is 0.255 e. The molecule has 0 bridgehead atoms. The van der Waals surface area contributed by atoms with Crippen LogP contribution in [0.3, 0.4) is 0 Å². The van der Waals surface area contributed by atoms with Gasteiger partial charge in [0.05, 0.1) is 25.8 Å². The van der Waals surface area contributed by atoms with Crippen molar-refractivity contribution in [2.75, 3.05) is 14.2 Å². The van der Waals surface area contributed by atoms with Crippen molar-refractivity contribution in [3.8, 4) is 33.8 Å². The Bertz CT molecular complexity index is 2030. The molecule has 8 rings (SSSR count). The average Bonchev–Trinajstić information content (AvgIpc) is 3.89. The molecule has 0 unspecified atom stereocenters. The number of benzene rings is 5. The quantitative estimate of drug-likeness (QED) is 0.150. The summed E-state index contributed by atoms with van der Waals surface area (Å²) < 4.78 is 10.9. The lowest BCUT2D eigenvalue weighted by Crippen LogP contribution is -2.30. The van der Waals surface area contributed by atoms with Crippen LogP contribution in [0, 0.1) is 19.8 Å². The minimum absolute atomic E-state index is 0.0735. The first-order valence-corrected chi connectivity index (χ1v) is 19.2. The molecule has 0 aromatic heterocycles. The third-order valence-electron chi connectivity index (χ3n) is 10.6. The van der Waals surface area contributed by atoms with Crippen molar-refractivity contribution in [2.45, 2.75) is 85.7 Å². The van der Waals surface area contributed by atoms with Crippen molar-refractivity contribution in [3.63, 3.8) is 0 Å². The third kappa shape index (κ3) is 7.67. The Labute approximate surface area is 316 Å². The molecule has 5 aromatic rings. The Morgan fingerprint density at radius 2 is 1.26 bits per heavy atom. The topological polar surface area (TPSA) is 55.8 Å². The van der Waals surface area contributed by atoms with E-state index in [2.05, 4.69) is 112 Å². The minimum Gasteiger partial charge on any atom is -0.497 e. The van der Waals surface area contributed by atoms with Crippen molar-refractivity contribution in [3.05, 3.63) is 142 Å². The second-order valence-corrected chi connectivity index (χ2v) is 14.4. The van der Waals surface area contributed by atoms with Crippen LogP contribution in [0.4, 0.5) is 0 Å². The van der Waals surface area contributed by atoms with Crippen molar-refractivity contribution in [1.29, 1.82) is 0 Å². The highest BCUT2D eigenvalue weighted by atomic mass is 16.5. The summed E-state index contributed by atoms with van der Waals surface area (Å²) in [6.07, 6.45) is 6.26. The number of aryl methyl sites for hydroxylation is 1. The van der Waals surface area contributed by atoms with Crippen LogP contribution in [-0.4, -0.2) is 30.8 Å². The van der Waals surface area contributed by atoms with Crippen molar-refractivity contribution in [2.24, 2.45) is 5.92 Å². The third-order valence-corrected chi connectivity index (χ3v) is 10.6. The molecule has 1 aliphatic heterocycles. The first kappa shape index (κ1) is 37.6. The fourth-order valence-electron chi connectivity index (χ4n) is 7.81. The molecule has 274 valence electrons. The van der Waals surface area contributed by atoms with E-state index in [4.69, 9.17) is 9.47 Å². The number of ether oxygens (including phenoxy) is 2. The first-order valence-electron chi connectivity index (χ1n) is 19.2. The van der Waals surface area contributed by atoms with Gasteiger partial charge in [-0.1, -0.05) is 100.0 Å². The Balaban J connectivity index is 0.000000380. The van der Waals surface area contributed by atoms with Gasteiger partial charge in [0.1, 0.15) is 17.3 Å². The molecule has 1 saturated carbocycles. The zero-order chi connectivity index (χ0) is 37.6. The molecule has 5 nitrogen and oxygen atoms in total. The summed E-state index contributed by atoms with van der Waals surface area (Å²) in [6, 6.07) is 33.0. The predicted molar refractivity (Wildman–Crippen MR) is 216 cm³/mol. The van der Waals surface area contributed by atoms with Gasteiger partial charge >= 0.3 is 0 Å². The summed E-state index contributed by atoms with van der Waals surface area (Å²) >= 11 is 0. The molecule has 1 heterocycles. The fraction of sp³-hybridized carbons (Fsp3) is 0.333. The number of ketones is 1. The molecule has 0 spiro atoms. The summed E-state index contributed by atoms with van der Waals surface area (Å²) in [6.45, 7) is 11.2. The molecule has 5 heteroatoms.